The molecule has 0 amide bonds. The van der Waals surface area contributed by atoms with Crippen molar-refractivity contribution in [3.63, 3.8) is 0 Å². The van der Waals surface area contributed by atoms with Gasteiger partial charge in [0.2, 0.25) is 0 Å². The lowest BCUT2D eigenvalue weighted by Crippen LogP contribution is -2.52. The van der Waals surface area contributed by atoms with Crippen LogP contribution in [0.5, 0.6) is 0 Å². The molecule has 0 saturated heterocycles. The van der Waals surface area contributed by atoms with E-state index < -0.39 is 11.6 Å². The van der Waals surface area contributed by atoms with Gasteiger partial charge in [-0.2, -0.15) is 0 Å². The van der Waals surface area contributed by atoms with Gasteiger partial charge in [-0.3, -0.25) is 0 Å². The average molecular weight is 131 g/mol. The van der Waals surface area contributed by atoms with Crippen LogP contribution in [0.2, 0.25) is 0 Å². The summed E-state index contributed by atoms with van der Waals surface area (Å²) in [4.78, 5) is 9.90. The Morgan fingerprint density at radius 3 is 2.22 bits per heavy atom. The minimum atomic E-state index is -1.21. The summed E-state index contributed by atoms with van der Waals surface area (Å²) < 4.78 is 0. The largest absolute Gasteiger partial charge is 0.550 e. The molecule has 0 radical (unpaired) electrons. The number of hydrogen-bond donors (Lipinski definition) is 2. The third-order valence-electron chi connectivity index (χ3n) is 1.13. The molecule has 0 aromatic heterocycles. The van der Waals surface area contributed by atoms with Crippen LogP contribution in [-0.2, 0) is 4.79 Å². The summed E-state index contributed by atoms with van der Waals surface area (Å²) in [6, 6.07) is 0. The molecule has 9 heavy (non-hydrogen) atoms. The number of hydrogen-bond acceptors (Lipinski definition) is 4. The van der Waals surface area contributed by atoms with Gasteiger partial charge < -0.3 is 21.4 Å². The third-order valence-corrected chi connectivity index (χ3v) is 1.13. The van der Waals surface area contributed by atoms with Gasteiger partial charge in [-0.05, 0) is 6.42 Å². The number of carboxylic acid groups (broad SMARTS) is 1. The summed E-state index contributed by atoms with van der Waals surface area (Å²) in [6.45, 7) is 1.73. The Balaban J connectivity index is 3.71. The molecule has 0 aliphatic heterocycles. The maximum Gasteiger partial charge on any atom is 0.0687 e. The van der Waals surface area contributed by atoms with Gasteiger partial charge in [0.15, 0.2) is 0 Å². The van der Waals surface area contributed by atoms with Crippen molar-refractivity contribution in [1.29, 1.82) is 0 Å². The minimum absolute atomic E-state index is 0.288. The molecule has 0 aromatic carbocycles. The quantitative estimate of drug-likeness (QED) is 0.440. The molecule has 0 bridgehead atoms. The molecule has 4 nitrogen and oxygen atoms in total. The van der Waals surface area contributed by atoms with Crippen molar-refractivity contribution < 1.29 is 9.90 Å². The number of rotatable bonds is 3. The van der Waals surface area contributed by atoms with Gasteiger partial charge in [-0.1, -0.05) is 6.92 Å². The lowest BCUT2D eigenvalue weighted by atomic mass is 10.1. The molecule has 54 valence electrons. The van der Waals surface area contributed by atoms with Crippen molar-refractivity contribution in [2.75, 3.05) is 0 Å². The highest BCUT2D eigenvalue weighted by Crippen LogP contribution is 2.00. The number of nitrogens with two attached hydrogens (primary N) is 2. The summed E-state index contributed by atoms with van der Waals surface area (Å²) in [5.74, 6) is -1.21. The molecule has 4 N–H and O–H groups in total. The first-order valence-corrected chi connectivity index (χ1v) is 2.75. The standard InChI is InChI=1S/C5H12N2O2/c1-2-5(6,7)3-4(8)9/h2-3,6-7H2,1H3,(H,8,9)/p-1. The number of carboxylic acids is 1. The predicted molar refractivity (Wildman–Crippen MR) is 31.0 cm³/mol. The van der Waals surface area contributed by atoms with E-state index in [2.05, 4.69) is 0 Å². The van der Waals surface area contributed by atoms with Gasteiger partial charge in [0.25, 0.3) is 0 Å². The van der Waals surface area contributed by atoms with E-state index >= 15 is 0 Å². The van der Waals surface area contributed by atoms with Gasteiger partial charge in [-0.25, -0.2) is 0 Å². The van der Waals surface area contributed by atoms with E-state index in [9.17, 15) is 9.90 Å². The Morgan fingerprint density at radius 2 is 2.11 bits per heavy atom. The zero-order chi connectivity index (χ0) is 7.49. The topological polar surface area (TPSA) is 92.2 Å². The van der Waals surface area contributed by atoms with Crippen molar-refractivity contribution in [2.24, 2.45) is 11.5 Å². The average Bonchev–Trinajstić information content (AvgIpc) is 1.63. The summed E-state index contributed by atoms with van der Waals surface area (Å²) in [5.41, 5.74) is 9.45. The molecule has 0 spiro atoms. The van der Waals surface area contributed by atoms with Gasteiger partial charge in [-0.15, -0.1) is 0 Å². The molecular weight excluding hydrogens is 120 g/mol. The second-order valence-corrected chi connectivity index (χ2v) is 2.14. The highest BCUT2D eigenvalue weighted by Gasteiger charge is 2.15. The summed E-state index contributed by atoms with van der Waals surface area (Å²) in [5, 5.41) is 9.90. The number of carbonyl (C=O) groups is 1. The van der Waals surface area contributed by atoms with Crippen LogP contribution < -0.4 is 16.6 Å². The number of aliphatic carboxylic acids is 1. The van der Waals surface area contributed by atoms with E-state index in [1.165, 1.54) is 0 Å². The second-order valence-electron chi connectivity index (χ2n) is 2.14. The molecule has 0 saturated carbocycles. The summed E-state index contributed by atoms with van der Waals surface area (Å²) in [6.07, 6.45) is 0.143. The molecule has 0 rings (SSSR count). The van der Waals surface area contributed by atoms with Gasteiger partial charge in [0.1, 0.15) is 0 Å². The summed E-state index contributed by atoms with van der Waals surface area (Å²) >= 11 is 0. The van der Waals surface area contributed by atoms with Gasteiger partial charge in [0, 0.05) is 12.4 Å². The van der Waals surface area contributed by atoms with Crippen LogP contribution in [0.3, 0.4) is 0 Å². The van der Waals surface area contributed by atoms with Crippen LogP contribution in [-0.4, -0.2) is 11.6 Å². The van der Waals surface area contributed by atoms with E-state index in [4.69, 9.17) is 11.5 Å². The lowest BCUT2D eigenvalue weighted by Gasteiger charge is -2.22. The SMILES string of the molecule is CCC(N)(N)CC(=O)[O-]. The smallest absolute Gasteiger partial charge is 0.0687 e. The fourth-order valence-corrected chi connectivity index (χ4v) is 0.394. The van der Waals surface area contributed by atoms with Crippen molar-refractivity contribution in [3.05, 3.63) is 0 Å². The molecule has 0 unspecified atom stereocenters. The summed E-state index contributed by atoms with van der Waals surface area (Å²) in [7, 11) is 0. The zero-order valence-corrected chi connectivity index (χ0v) is 5.39. The monoisotopic (exact) mass is 131 g/mol. The fraction of sp³-hybridized carbons (Fsp3) is 0.800. The van der Waals surface area contributed by atoms with Crippen molar-refractivity contribution in [3.8, 4) is 0 Å². The second kappa shape index (κ2) is 2.80. The molecule has 0 heterocycles. The molecular formula is C5H11N2O2-. The van der Waals surface area contributed by atoms with E-state index in [-0.39, 0.29) is 6.42 Å². The predicted octanol–water partition coefficient (Wildman–Crippen LogP) is -1.85. The highest BCUT2D eigenvalue weighted by molar-refractivity contribution is 5.65. The van der Waals surface area contributed by atoms with Crippen LogP contribution in [0.1, 0.15) is 19.8 Å². The fourth-order valence-electron chi connectivity index (χ4n) is 0.394. The zero-order valence-electron chi connectivity index (χ0n) is 5.39. The van der Waals surface area contributed by atoms with Gasteiger partial charge in [0.05, 0.1) is 5.66 Å². The van der Waals surface area contributed by atoms with Crippen LogP contribution in [0.15, 0.2) is 0 Å². The molecule has 0 aliphatic carbocycles. The van der Waals surface area contributed by atoms with Crippen LogP contribution >= 0.6 is 0 Å². The maximum absolute atomic E-state index is 9.90. The third kappa shape index (κ3) is 3.93. The van der Waals surface area contributed by atoms with Crippen LogP contribution in [0.4, 0.5) is 0 Å². The molecule has 4 heteroatoms. The lowest BCUT2D eigenvalue weighted by molar-refractivity contribution is -0.307. The Hall–Kier alpha value is -0.610. The Morgan fingerprint density at radius 1 is 1.67 bits per heavy atom. The molecule has 0 atom stereocenters. The molecule has 0 fully saturated rings. The Bertz CT molecular complexity index is 112. The van der Waals surface area contributed by atoms with Gasteiger partial charge >= 0.3 is 0 Å². The first-order chi connectivity index (χ1) is 3.98. The van der Waals surface area contributed by atoms with Crippen LogP contribution in [0, 0.1) is 0 Å². The Labute approximate surface area is 53.8 Å². The Kier molecular flexibility index (Phi) is 2.61. The maximum atomic E-state index is 9.90. The highest BCUT2D eigenvalue weighted by atomic mass is 16.4. The molecule has 0 aliphatic rings. The van der Waals surface area contributed by atoms with Crippen molar-refractivity contribution >= 4 is 5.97 Å². The van der Waals surface area contributed by atoms with E-state index in [1.54, 1.807) is 6.92 Å². The first kappa shape index (κ1) is 8.39. The minimum Gasteiger partial charge on any atom is -0.550 e. The van der Waals surface area contributed by atoms with E-state index in [1.807, 2.05) is 0 Å². The van der Waals surface area contributed by atoms with E-state index in [0.29, 0.717) is 6.42 Å². The van der Waals surface area contributed by atoms with E-state index in [0.717, 1.165) is 0 Å². The first-order valence-electron chi connectivity index (χ1n) is 2.75. The molecule has 0 aromatic rings. The van der Waals surface area contributed by atoms with Crippen molar-refractivity contribution in [1.82, 2.24) is 0 Å². The number of carbonyl (C=O) groups excluding carboxylic acids is 1. The van der Waals surface area contributed by atoms with Crippen LogP contribution in [0.25, 0.3) is 0 Å². The normalized spacial score (nSPS) is 11.4. The van der Waals surface area contributed by atoms with Crippen molar-refractivity contribution in [2.45, 2.75) is 25.4 Å².